The normalized spacial score (nSPS) is 19.1. The molecule has 10 radical (unpaired) electrons. The molecule has 0 aliphatic heterocycles. The Bertz CT molecular complexity index is 377. The van der Waals surface area contributed by atoms with Crippen LogP contribution >= 0.6 is 0 Å². The van der Waals surface area contributed by atoms with E-state index in [1.807, 2.05) is 50.3 Å². The maximum Gasteiger partial charge on any atom is 0.273 e. The van der Waals surface area contributed by atoms with Crippen LogP contribution in [0.25, 0.3) is 0 Å². The molecule has 0 aromatic heterocycles. The van der Waals surface area contributed by atoms with Crippen LogP contribution in [0.4, 0.5) is 5.69 Å². The fourth-order valence-corrected chi connectivity index (χ4v) is 1.47. The van der Waals surface area contributed by atoms with Gasteiger partial charge in [0.2, 0.25) is 0 Å². The van der Waals surface area contributed by atoms with Gasteiger partial charge in [-0.3, -0.25) is 0 Å². The summed E-state index contributed by atoms with van der Waals surface area (Å²) in [7, 11) is 0. The molecule has 0 saturated heterocycles. The third-order valence-corrected chi connectivity index (χ3v) is 2.38. The summed E-state index contributed by atoms with van der Waals surface area (Å²) >= 11 is 0. The minimum atomic E-state index is 0. The maximum absolute atomic E-state index is 11.4. The van der Waals surface area contributed by atoms with Crippen LogP contribution in [-0.2, 0) is 17.1 Å². The summed E-state index contributed by atoms with van der Waals surface area (Å²) in [6.07, 6.45) is 17.1. The van der Waals surface area contributed by atoms with E-state index in [1.165, 1.54) is 0 Å². The quantitative estimate of drug-likeness (QED) is 0.356. The second-order valence-corrected chi connectivity index (χ2v) is 3.81. The van der Waals surface area contributed by atoms with Gasteiger partial charge in [0.1, 0.15) is 5.69 Å². The minimum Gasteiger partial charge on any atom is -0.599 e. The number of nitrogens with zero attached hydrogens (tertiary/aromatic N) is 2. The van der Waals surface area contributed by atoms with Gasteiger partial charge in [-0.25, -0.2) is 0 Å². The Morgan fingerprint density at radius 2 is 1.25 bits per heavy atom. The zero-order chi connectivity index (χ0) is 13.3. The fourth-order valence-electron chi connectivity index (χ4n) is 1.47. The van der Waals surface area contributed by atoms with Gasteiger partial charge in [0.05, 0.1) is 0 Å². The number of rotatable bonds is 2. The van der Waals surface area contributed by atoms with Crippen molar-refractivity contribution in [3.63, 3.8) is 0 Å². The van der Waals surface area contributed by atoms with E-state index in [2.05, 4.69) is 5.11 Å². The van der Waals surface area contributed by atoms with Crippen LogP contribution in [0.3, 0.4) is 0 Å². The van der Waals surface area contributed by atoms with Gasteiger partial charge >= 0.3 is 0 Å². The molecule has 2 aliphatic carbocycles. The van der Waals surface area contributed by atoms with Crippen molar-refractivity contribution in [2.24, 2.45) is 5.11 Å². The Hall–Kier alpha value is -0.861. The van der Waals surface area contributed by atoms with Crippen molar-refractivity contribution in [3.8, 4) is 0 Å². The van der Waals surface area contributed by atoms with E-state index < -0.39 is 0 Å². The average Bonchev–Trinajstić information content (AvgIpc) is 3.16. The van der Waals surface area contributed by atoms with Gasteiger partial charge in [-0.1, -0.05) is 23.1 Å². The van der Waals surface area contributed by atoms with Gasteiger partial charge in [-0.05, 0) is 57.1 Å². The zero-order valence-corrected chi connectivity index (χ0v) is 11.8. The first-order chi connectivity index (χ1) is 9.36. The van der Waals surface area contributed by atoms with Gasteiger partial charge in [-0.15, -0.1) is 0 Å². The van der Waals surface area contributed by atoms with Gasteiger partial charge in [0, 0.05) is 35.0 Å². The summed E-state index contributed by atoms with van der Waals surface area (Å²) in [5, 5.41) is 15.3. The number of azo groups is 1. The molecule has 0 amide bonds. The molecule has 1 aromatic carbocycles. The molecule has 102 valence electrons. The third-order valence-electron chi connectivity index (χ3n) is 2.38. The van der Waals surface area contributed by atoms with Crippen LogP contribution in [0, 0.1) is 69.0 Å². The van der Waals surface area contributed by atoms with Crippen molar-refractivity contribution in [1.82, 2.24) is 0 Å². The smallest absolute Gasteiger partial charge is 0.273 e. The van der Waals surface area contributed by atoms with Crippen LogP contribution in [0.2, 0.25) is 0 Å². The van der Waals surface area contributed by atoms with Gasteiger partial charge in [-0.2, -0.15) is 0 Å². The molecular weight excluding hydrogens is 292 g/mol. The van der Waals surface area contributed by atoms with Gasteiger partial charge in [0.25, 0.3) is 6.04 Å². The molecule has 2 fully saturated rings. The molecule has 0 unspecified atom stereocenters. The largest absolute Gasteiger partial charge is 0.599 e. The summed E-state index contributed by atoms with van der Waals surface area (Å²) in [6, 6.07) is 9.70. The molecule has 0 atom stereocenters. The Kier molecular flexibility index (Phi) is 8.55. The Morgan fingerprint density at radius 3 is 1.75 bits per heavy atom. The van der Waals surface area contributed by atoms with E-state index in [0.717, 1.165) is 0 Å². The summed E-state index contributed by atoms with van der Waals surface area (Å²) in [5.74, 6) is 0. The van der Waals surface area contributed by atoms with Gasteiger partial charge in [0.15, 0.2) is 0 Å². The molecule has 20 heavy (non-hydrogen) atoms. The maximum atomic E-state index is 11.4. The summed E-state index contributed by atoms with van der Waals surface area (Å²) in [5.41, 5.74) is 0.656. The second kappa shape index (κ2) is 9.95. The molecule has 2 aliphatic rings. The van der Waals surface area contributed by atoms with Gasteiger partial charge < -0.3 is 5.21 Å². The monoisotopic (exact) mass is 306 g/mol. The molecule has 0 spiro atoms. The van der Waals surface area contributed by atoms with Crippen LogP contribution in [0.5, 0.6) is 0 Å². The first-order valence-electron chi connectivity index (χ1n) is 5.98. The number of benzene rings is 1. The Labute approximate surface area is 132 Å². The number of hydrogen-bond donors (Lipinski definition) is 0. The Balaban J connectivity index is 0.000000283. The molecule has 2 saturated carbocycles. The van der Waals surface area contributed by atoms with Crippen LogP contribution in [-0.4, -0.2) is 4.86 Å². The predicted octanol–water partition coefficient (Wildman–Crippen LogP) is 3.66. The fraction of sp³-hybridized carbons (Fsp3) is 0. The van der Waals surface area contributed by atoms with Crippen molar-refractivity contribution >= 4 is 5.69 Å². The van der Waals surface area contributed by atoms with E-state index in [0.29, 0.717) is 16.6 Å². The first-order valence-corrected chi connectivity index (χ1v) is 5.98. The first kappa shape index (κ1) is 17.2. The summed E-state index contributed by atoms with van der Waals surface area (Å²) in [6.45, 7) is 0. The van der Waals surface area contributed by atoms with E-state index in [9.17, 15) is 5.21 Å². The van der Waals surface area contributed by atoms with E-state index in [4.69, 9.17) is 0 Å². The SMILES string of the molecule is [CH]1[CH][CH][CH][CH]1.[Fe].[O-][N+](=Nc1ccccc1)[C]1[CH][CH][CH][CH]1. The Morgan fingerprint density at radius 1 is 0.750 bits per heavy atom. The minimum absolute atomic E-state index is 0. The van der Waals surface area contributed by atoms with Crippen molar-refractivity contribution in [3.05, 3.63) is 99.4 Å². The topological polar surface area (TPSA) is 38.4 Å². The molecular formula is C16H14FeN2O. The van der Waals surface area contributed by atoms with E-state index in [1.54, 1.807) is 37.8 Å². The molecule has 0 heterocycles. The standard InChI is InChI=1S/C11H9N2O.C5H5.Fe/c14-13(11-8-4-5-9-11)12-10-6-2-1-3-7-10;1-2-4-5-3-1;/h1-9H;1-5H;. The van der Waals surface area contributed by atoms with Crippen molar-refractivity contribution in [2.75, 3.05) is 0 Å². The molecule has 0 bridgehead atoms. The average molecular weight is 306 g/mol. The third kappa shape index (κ3) is 6.06. The summed E-state index contributed by atoms with van der Waals surface area (Å²) in [4.78, 5) is 0.620. The number of hydroxylamine groups is 1. The molecule has 3 nitrogen and oxygen atoms in total. The second-order valence-electron chi connectivity index (χ2n) is 3.81. The van der Waals surface area contributed by atoms with Crippen LogP contribution < -0.4 is 0 Å². The van der Waals surface area contributed by atoms with Crippen molar-refractivity contribution in [2.45, 2.75) is 0 Å². The molecule has 3 rings (SSSR count). The van der Waals surface area contributed by atoms with Crippen molar-refractivity contribution in [1.29, 1.82) is 0 Å². The summed E-state index contributed by atoms with van der Waals surface area (Å²) < 4.78 is 0. The molecule has 0 N–H and O–H groups in total. The molecule has 1 aromatic rings. The predicted molar refractivity (Wildman–Crippen MR) is 74.1 cm³/mol. The van der Waals surface area contributed by atoms with E-state index >= 15 is 0 Å². The number of hydrogen-bond acceptors (Lipinski definition) is 2. The van der Waals surface area contributed by atoms with Crippen molar-refractivity contribution < 1.29 is 21.9 Å². The zero-order valence-electron chi connectivity index (χ0n) is 10.7. The molecule has 4 heteroatoms. The van der Waals surface area contributed by atoms with Crippen LogP contribution in [0.1, 0.15) is 0 Å². The van der Waals surface area contributed by atoms with E-state index in [-0.39, 0.29) is 17.1 Å². The van der Waals surface area contributed by atoms with Crippen LogP contribution in [0.15, 0.2) is 35.4 Å².